The molecule has 3 nitrogen and oxygen atoms in total. The summed E-state index contributed by atoms with van der Waals surface area (Å²) in [7, 11) is 1.50. The number of nitrogen functional groups attached to an aromatic ring is 1. The zero-order valence-electron chi connectivity index (χ0n) is 9.71. The normalized spacial score (nSPS) is 10.2. The summed E-state index contributed by atoms with van der Waals surface area (Å²) in [6.45, 7) is 0. The quantitative estimate of drug-likeness (QED) is 0.822. The van der Waals surface area contributed by atoms with Crippen molar-refractivity contribution in [2.75, 3.05) is 18.2 Å². The lowest BCUT2D eigenvalue weighted by Crippen LogP contribution is -1.99. The number of anilines is 3. The van der Waals surface area contributed by atoms with Crippen molar-refractivity contribution in [3.8, 4) is 5.75 Å². The maximum atomic E-state index is 13.0. The molecule has 2 rings (SSSR count). The van der Waals surface area contributed by atoms with E-state index in [1.54, 1.807) is 18.2 Å². The van der Waals surface area contributed by atoms with Gasteiger partial charge < -0.3 is 15.8 Å². The van der Waals surface area contributed by atoms with Gasteiger partial charge in [0.25, 0.3) is 0 Å². The van der Waals surface area contributed by atoms with Crippen molar-refractivity contribution >= 4 is 17.1 Å². The number of methoxy groups -OCH3 is 1. The SMILES string of the molecule is COc1cccc(Nc2cc(F)cc(F)c2)c1N. The van der Waals surface area contributed by atoms with Gasteiger partial charge in [-0.05, 0) is 24.3 Å². The van der Waals surface area contributed by atoms with Crippen LogP contribution in [0.5, 0.6) is 5.75 Å². The molecule has 0 spiro atoms. The Labute approximate surface area is 103 Å². The predicted molar refractivity (Wildman–Crippen MR) is 67.0 cm³/mol. The number of ether oxygens (including phenoxy) is 1. The number of nitrogens with two attached hydrogens (primary N) is 1. The molecular formula is C13H12F2N2O. The van der Waals surface area contributed by atoms with Crippen molar-refractivity contribution in [2.45, 2.75) is 0 Å². The van der Waals surface area contributed by atoms with Crippen LogP contribution in [-0.2, 0) is 0 Å². The van der Waals surface area contributed by atoms with Crippen molar-refractivity contribution in [2.24, 2.45) is 0 Å². The monoisotopic (exact) mass is 250 g/mol. The number of rotatable bonds is 3. The third kappa shape index (κ3) is 2.51. The van der Waals surface area contributed by atoms with E-state index in [9.17, 15) is 8.78 Å². The molecule has 94 valence electrons. The van der Waals surface area contributed by atoms with Gasteiger partial charge in [-0.25, -0.2) is 8.78 Å². The molecule has 3 N–H and O–H groups in total. The summed E-state index contributed by atoms with van der Waals surface area (Å²) < 4.78 is 31.1. The summed E-state index contributed by atoms with van der Waals surface area (Å²) in [4.78, 5) is 0. The number of nitrogens with one attached hydrogen (secondary N) is 1. The summed E-state index contributed by atoms with van der Waals surface area (Å²) in [5, 5.41) is 2.84. The summed E-state index contributed by atoms with van der Waals surface area (Å²) in [5.41, 5.74) is 7.03. The smallest absolute Gasteiger partial charge is 0.143 e. The predicted octanol–water partition coefficient (Wildman–Crippen LogP) is 3.30. The first-order chi connectivity index (χ1) is 8.60. The minimum absolute atomic E-state index is 0.285. The van der Waals surface area contributed by atoms with Gasteiger partial charge in [-0.1, -0.05) is 6.07 Å². The van der Waals surface area contributed by atoms with E-state index < -0.39 is 11.6 Å². The van der Waals surface area contributed by atoms with Crippen molar-refractivity contribution in [3.63, 3.8) is 0 Å². The Hall–Kier alpha value is -2.30. The molecule has 2 aromatic rings. The molecular weight excluding hydrogens is 238 g/mol. The minimum atomic E-state index is -0.654. The number of benzene rings is 2. The molecule has 0 aliphatic rings. The topological polar surface area (TPSA) is 47.3 Å². The third-order valence-corrected chi connectivity index (χ3v) is 2.43. The van der Waals surface area contributed by atoms with Crippen LogP contribution in [-0.4, -0.2) is 7.11 Å². The van der Waals surface area contributed by atoms with Gasteiger partial charge in [-0.15, -0.1) is 0 Å². The van der Waals surface area contributed by atoms with E-state index in [1.165, 1.54) is 19.2 Å². The van der Waals surface area contributed by atoms with Crippen LogP contribution in [0.25, 0.3) is 0 Å². The van der Waals surface area contributed by atoms with E-state index in [1.807, 2.05) is 0 Å². The van der Waals surface area contributed by atoms with Crippen LogP contribution in [0.1, 0.15) is 0 Å². The van der Waals surface area contributed by atoms with Gasteiger partial charge in [-0.2, -0.15) is 0 Å². The zero-order chi connectivity index (χ0) is 13.1. The second-order valence-corrected chi connectivity index (χ2v) is 3.70. The Kier molecular flexibility index (Phi) is 3.32. The van der Waals surface area contributed by atoms with Crippen LogP contribution in [0.2, 0.25) is 0 Å². The molecule has 18 heavy (non-hydrogen) atoms. The Balaban J connectivity index is 2.34. The second kappa shape index (κ2) is 4.91. The molecule has 0 aliphatic heterocycles. The molecule has 0 aromatic heterocycles. The van der Waals surface area contributed by atoms with Gasteiger partial charge in [-0.3, -0.25) is 0 Å². The number of hydrogen-bond donors (Lipinski definition) is 2. The van der Waals surface area contributed by atoms with E-state index >= 15 is 0 Å². The largest absolute Gasteiger partial charge is 0.495 e. The highest BCUT2D eigenvalue weighted by Crippen LogP contribution is 2.31. The first-order valence-corrected chi connectivity index (χ1v) is 5.26. The fourth-order valence-electron chi connectivity index (χ4n) is 1.61. The molecule has 0 bridgehead atoms. The standard InChI is InChI=1S/C13H12F2N2O/c1-18-12-4-2-3-11(13(12)16)17-10-6-8(14)5-9(15)7-10/h2-7,17H,16H2,1H3. The Morgan fingerprint density at radius 3 is 2.39 bits per heavy atom. The summed E-state index contributed by atoms with van der Waals surface area (Å²) >= 11 is 0. The van der Waals surface area contributed by atoms with Gasteiger partial charge in [0.15, 0.2) is 0 Å². The van der Waals surface area contributed by atoms with Crippen LogP contribution in [0.4, 0.5) is 25.8 Å². The first-order valence-electron chi connectivity index (χ1n) is 5.26. The number of hydrogen-bond acceptors (Lipinski definition) is 3. The Bertz CT molecular complexity index is 553. The number of para-hydroxylation sites is 1. The zero-order valence-corrected chi connectivity index (χ0v) is 9.71. The molecule has 0 saturated carbocycles. The van der Waals surface area contributed by atoms with E-state index in [0.29, 0.717) is 17.1 Å². The van der Waals surface area contributed by atoms with Crippen molar-refractivity contribution in [3.05, 3.63) is 48.0 Å². The maximum absolute atomic E-state index is 13.0. The van der Waals surface area contributed by atoms with Gasteiger partial charge in [0.05, 0.1) is 18.5 Å². The molecule has 0 radical (unpaired) electrons. The summed E-state index contributed by atoms with van der Waals surface area (Å²) in [6, 6.07) is 8.30. The van der Waals surface area contributed by atoms with Crippen LogP contribution in [0, 0.1) is 11.6 Å². The van der Waals surface area contributed by atoms with Crippen LogP contribution >= 0.6 is 0 Å². The van der Waals surface area contributed by atoms with E-state index in [4.69, 9.17) is 10.5 Å². The highest BCUT2D eigenvalue weighted by atomic mass is 19.1. The Morgan fingerprint density at radius 1 is 1.11 bits per heavy atom. The summed E-state index contributed by atoms with van der Waals surface area (Å²) in [5.74, 6) is -0.810. The van der Waals surface area contributed by atoms with E-state index in [2.05, 4.69) is 5.32 Å². The lowest BCUT2D eigenvalue weighted by atomic mass is 10.2. The highest BCUT2D eigenvalue weighted by Gasteiger charge is 2.06. The fourth-order valence-corrected chi connectivity index (χ4v) is 1.61. The molecule has 0 atom stereocenters. The van der Waals surface area contributed by atoms with E-state index in [0.717, 1.165) is 6.07 Å². The second-order valence-electron chi connectivity index (χ2n) is 3.70. The average molecular weight is 250 g/mol. The molecule has 0 heterocycles. The summed E-state index contributed by atoms with van der Waals surface area (Å²) in [6.07, 6.45) is 0. The first kappa shape index (κ1) is 12.2. The highest BCUT2D eigenvalue weighted by molar-refractivity contribution is 5.77. The number of halogens is 2. The van der Waals surface area contributed by atoms with Gasteiger partial charge in [0.2, 0.25) is 0 Å². The lowest BCUT2D eigenvalue weighted by Gasteiger charge is -2.12. The maximum Gasteiger partial charge on any atom is 0.143 e. The molecule has 0 fully saturated rings. The van der Waals surface area contributed by atoms with Gasteiger partial charge in [0.1, 0.15) is 17.4 Å². The molecule has 2 aromatic carbocycles. The lowest BCUT2D eigenvalue weighted by molar-refractivity contribution is 0.417. The van der Waals surface area contributed by atoms with Crippen molar-refractivity contribution < 1.29 is 13.5 Å². The van der Waals surface area contributed by atoms with Crippen molar-refractivity contribution in [1.82, 2.24) is 0 Å². The minimum Gasteiger partial charge on any atom is -0.495 e. The Morgan fingerprint density at radius 2 is 1.78 bits per heavy atom. The third-order valence-electron chi connectivity index (χ3n) is 2.43. The fraction of sp³-hybridized carbons (Fsp3) is 0.0769. The molecule has 0 amide bonds. The van der Waals surface area contributed by atoms with Crippen molar-refractivity contribution in [1.29, 1.82) is 0 Å². The van der Waals surface area contributed by atoms with Crippen LogP contribution < -0.4 is 15.8 Å². The van der Waals surface area contributed by atoms with Gasteiger partial charge in [0, 0.05) is 11.8 Å². The van der Waals surface area contributed by atoms with E-state index in [-0.39, 0.29) is 5.69 Å². The molecule has 5 heteroatoms. The van der Waals surface area contributed by atoms with Crippen LogP contribution in [0.15, 0.2) is 36.4 Å². The molecule has 0 aliphatic carbocycles. The molecule has 0 saturated heterocycles. The molecule has 0 unspecified atom stereocenters. The van der Waals surface area contributed by atoms with Gasteiger partial charge >= 0.3 is 0 Å². The van der Waals surface area contributed by atoms with Crippen LogP contribution in [0.3, 0.4) is 0 Å². The average Bonchev–Trinajstić information content (AvgIpc) is 2.30.